The van der Waals surface area contributed by atoms with Gasteiger partial charge in [0.05, 0.1) is 26.4 Å². The first-order valence-corrected chi connectivity index (χ1v) is 12.5. The van der Waals surface area contributed by atoms with Crippen molar-refractivity contribution >= 4 is 65.9 Å². The van der Waals surface area contributed by atoms with Crippen molar-refractivity contribution in [3.8, 4) is 11.5 Å². The largest absolute Gasteiger partial charge is 0.457 e. The fourth-order valence-corrected chi connectivity index (χ4v) is 6.52. The molecule has 5 nitrogen and oxygen atoms in total. The van der Waals surface area contributed by atoms with Crippen molar-refractivity contribution in [3.63, 3.8) is 0 Å². The van der Waals surface area contributed by atoms with Gasteiger partial charge in [-0.25, -0.2) is 9.97 Å². The number of aromatic nitrogens is 2. The van der Waals surface area contributed by atoms with Gasteiger partial charge < -0.3 is 10.1 Å². The van der Waals surface area contributed by atoms with Crippen LogP contribution in [0.5, 0.6) is 11.5 Å². The number of benzene rings is 3. The lowest BCUT2D eigenvalue weighted by Gasteiger charge is -2.27. The molecule has 3 heterocycles. The number of rotatable bonds is 3. The molecule has 152 valence electrons. The maximum Gasteiger partial charge on any atom is 0.238 e. The van der Waals surface area contributed by atoms with Crippen LogP contribution in [0.3, 0.4) is 0 Å². The predicted octanol–water partition coefficient (Wildman–Crippen LogP) is 6.50. The first-order valence-electron chi connectivity index (χ1n) is 9.62. The Hall–Kier alpha value is -2.94. The molecule has 1 aliphatic rings. The summed E-state index contributed by atoms with van der Waals surface area (Å²) in [6.07, 6.45) is 2.02. The number of fused-ring (bicyclic) bond motifs is 5. The van der Waals surface area contributed by atoms with Gasteiger partial charge in [0.2, 0.25) is 5.91 Å². The van der Waals surface area contributed by atoms with Gasteiger partial charge in [0.1, 0.15) is 11.5 Å². The Morgan fingerprint density at radius 1 is 0.903 bits per heavy atom. The van der Waals surface area contributed by atoms with Crippen LogP contribution in [0.25, 0.3) is 20.4 Å². The molecule has 0 bridgehead atoms. The van der Waals surface area contributed by atoms with Crippen LogP contribution in [0.4, 0.5) is 5.13 Å². The molecule has 1 amide bonds. The number of para-hydroxylation sites is 2. The molecule has 0 atom stereocenters. The molecule has 0 aliphatic carbocycles. The van der Waals surface area contributed by atoms with Crippen molar-refractivity contribution in [1.29, 1.82) is 0 Å². The summed E-state index contributed by atoms with van der Waals surface area (Å²) in [6.45, 7) is 0. The van der Waals surface area contributed by atoms with Gasteiger partial charge in [-0.3, -0.25) is 4.79 Å². The Balaban J connectivity index is 1.40. The van der Waals surface area contributed by atoms with Gasteiger partial charge in [0.25, 0.3) is 0 Å². The van der Waals surface area contributed by atoms with Crippen LogP contribution in [-0.2, 0) is 4.79 Å². The van der Waals surface area contributed by atoms with Crippen molar-refractivity contribution in [2.24, 2.45) is 0 Å². The van der Waals surface area contributed by atoms with E-state index in [0.29, 0.717) is 16.6 Å². The number of nitrogens with one attached hydrogen (secondary N) is 1. The number of carbonyl (C=O) groups is 1. The molecule has 0 saturated heterocycles. The fourth-order valence-electron chi connectivity index (χ4n) is 3.86. The average molecular weight is 462 g/mol. The number of thiazole rings is 2. The third kappa shape index (κ3) is 3.10. The maximum absolute atomic E-state index is 13.5. The van der Waals surface area contributed by atoms with Crippen LogP contribution in [-0.4, -0.2) is 22.1 Å². The fraction of sp³-hybridized carbons (Fsp3) is 0.0870. The summed E-state index contributed by atoms with van der Waals surface area (Å²) in [5.41, 5.74) is 3.55. The predicted molar refractivity (Wildman–Crippen MR) is 128 cm³/mol. The third-order valence-electron chi connectivity index (χ3n) is 5.24. The van der Waals surface area contributed by atoms with E-state index in [0.717, 1.165) is 35.9 Å². The van der Waals surface area contributed by atoms with E-state index in [1.807, 2.05) is 66.9 Å². The Bertz CT molecular complexity index is 1430. The summed E-state index contributed by atoms with van der Waals surface area (Å²) < 4.78 is 9.21. The van der Waals surface area contributed by atoms with Crippen LogP contribution >= 0.6 is 34.4 Å². The summed E-state index contributed by atoms with van der Waals surface area (Å²) in [5, 5.41) is 3.65. The Kier molecular flexibility index (Phi) is 4.45. The number of ether oxygens (including phenoxy) is 1. The molecule has 8 heteroatoms. The number of hydrogen-bond donors (Lipinski definition) is 1. The zero-order valence-electron chi connectivity index (χ0n) is 16.3. The second kappa shape index (κ2) is 7.33. The molecule has 1 N–H and O–H groups in total. The smallest absolute Gasteiger partial charge is 0.238 e. The zero-order valence-corrected chi connectivity index (χ0v) is 18.7. The number of nitrogens with zero attached hydrogens (tertiary/aromatic N) is 2. The van der Waals surface area contributed by atoms with Crippen molar-refractivity contribution in [2.45, 2.75) is 10.3 Å². The van der Waals surface area contributed by atoms with E-state index < -0.39 is 5.92 Å². The molecule has 6 rings (SSSR count). The topological polar surface area (TPSA) is 64.1 Å². The number of hydrogen-bond acceptors (Lipinski definition) is 7. The molecule has 31 heavy (non-hydrogen) atoms. The van der Waals surface area contributed by atoms with Crippen molar-refractivity contribution in [1.82, 2.24) is 9.97 Å². The summed E-state index contributed by atoms with van der Waals surface area (Å²) in [6, 6.07) is 19.3. The molecule has 0 radical (unpaired) electrons. The van der Waals surface area contributed by atoms with Gasteiger partial charge in [-0.2, -0.15) is 0 Å². The van der Waals surface area contributed by atoms with E-state index in [2.05, 4.69) is 15.3 Å². The van der Waals surface area contributed by atoms with Gasteiger partial charge >= 0.3 is 0 Å². The van der Waals surface area contributed by atoms with Crippen LogP contribution < -0.4 is 10.1 Å². The molecule has 0 fully saturated rings. The highest BCUT2D eigenvalue weighted by molar-refractivity contribution is 8.00. The summed E-state index contributed by atoms with van der Waals surface area (Å²) in [7, 11) is 0. The number of anilines is 1. The van der Waals surface area contributed by atoms with Crippen LogP contribution in [0.2, 0.25) is 0 Å². The number of thioether (sulfide) groups is 1. The molecule has 0 unspecified atom stereocenters. The molecule has 2 aromatic heterocycles. The van der Waals surface area contributed by atoms with Gasteiger partial charge in [-0.05, 0) is 30.5 Å². The van der Waals surface area contributed by atoms with E-state index in [1.54, 1.807) is 23.1 Å². The molecular weight excluding hydrogens is 446 g/mol. The van der Waals surface area contributed by atoms with E-state index in [9.17, 15) is 4.79 Å². The monoisotopic (exact) mass is 461 g/mol. The van der Waals surface area contributed by atoms with Crippen molar-refractivity contribution in [2.75, 3.05) is 11.6 Å². The molecular formula is C23H15N3O2S3. The summed E-state index contributed by atoms with van der Waals surface area (Å²) >= 11 is 4.79. The Labute approximate surface area is 190 Å². The Morgan fingerprint density at radius 3 is 2.19 bits per heavy atom. The van der Waals surface area contributed by atoms with Gasteiger partial charge in [-0.15, -0.1) is 11.3 Å². The molecule has 1 aliphatic heterocycles. The lowest BCUT2D eigenvalue weighted by molar-refractivity contribution is -0.116. The highest BCUT2D eigenvalue weighted by atomic mass is 32.2. The first-order chi connectivity index (χ1) is 15.2. The van der Waals surface area contributed by atoms with E-state index >= 15 is 0 Å². The second-order valence-corrected chi connectivity index (χ2v) is 10.1. The van der Waals surface area contributed by atoms with Crippen LogP contribution in [0.1, 0.15) is 17.0 Å². The maximum atomic E-state index is 13.5. The molecule has 0 saturated carbocycles. The SMILES string of the molecule is CSc1nc2ccc3nc(NC(=O)C4c5ccccc5Oc5ccccc54)sc3c2s1. The summed E-state index contributed by atoms with van der Waals surface area (Å²) in [4.78, 5) is 22.8. The molecule has 5 aromatic rings. The van der Waals surface area contributed by atoms with E-state index in [1.165, 1.54) is 11.3 Å². The van der Waals surface area contributed by atoms with E-state index in [4.69, 9.17) is 4.74 Å². The molecule has 0 spiro atoms. The van der Waals surface area contributed by atoms with Gasteiger partial charge in [0.15, 0.2) is 9.47 Å². The van der Waals surface area contributed by atoms with E-state index in [-0.39, 0.29) is 5.91 Å². The Morgan fingerprint density at radius 2 is 1.52 bits per heavy atom. The minimum Gasteiger partial charge on any atom is -0.457 e. The third-order valence-corrected chi connectivity index (χ3v) is 8.45. The zero-order chi connectivity index (χ0) is 20.9. The highest BCUT2D eigenvalue weighted by Gasteiger charge is 2.32. The summed E-state index contributed by atoms with van der Waals surface area (Å²) in [5.74, 6) is 0.843. The number of amides is 1. The van der Waals surface area contributed by atoms with Crippen molar-refractivity contribution < 1.29 is 9.53 Å². The first kappa shape index (κ1) is 18.8. The normalized spacial score (nSPS) is 13.1. The second-order valence-electron chi connectivity index (χ2n) is 7.06. The quantitative estimate of drug-likeness (QED) is 0.311. The van der Waals surface area contributed by atoms with Crippen LogP contribution in [0.15, 0.2) is 65.0 Å². The number of carbonyl (C=O) groups excluding carboxylic acids is 1. The van der Waals surface area contributed by atoms with Crippen molar-refractivity contribution in [3.05, 3.63) is 71.8 Å². The molecule has 3 aromatic carbocycles. The average Bonchev–Trinajstić information content (AvgIpc) is 3.40. The highest BCUT2D eigenvalue weighted by Crippen LogP contribution is 2.45. The lowest BCUT2D eigenvalue weighted by Crippen LogP contribution is -2.24. The lowest BCUT2D eigenvalue weighted by atomic mass is 9.87. The standard InChI is InChI=1S/C23H15N3O2S3/c1-29-23-25-15-11-10-14-19(20(15)31-23)30-22(24-14)26-21(27)18-12-6-2-4-8-16(12)28-17-9-5-3-7-13(17)18/h2-11,18H,1H3,(H,24,26,27). The minimum atomic E-state index is -0.459. The van der Waals surface area contributed by atoms with Gasteiger partial charge in [0, 0.05) is 11.1 Å². The minimum absolute atomic E-state index is 0.118. The van der Waals surface area contributed by atoms with Crippen LogP contribution in [0, 0.1) is 0 Å². The van der Waals surface area contributed by atoms with Gasteiger partial charge in [-0.1, -0.05) is 59.5 Å².